The van der Waals surface area contributed by atoms with Crippen LogP contribution in [0.25, 0.3) is 0 Å². The molecule has 0 amide bonds. The second kappa shape index (κ2) is 8.47. The predicted octanol–water partition coefficient (Wildman–Crippen LogP) is 5.92. The van der Waals surface area contributed by atoms with Crippen molar-refractivity contribution < 1.29 is 13.2 Å². The van der Waals surface area contributed by atoms with Crippen molar-refractivity contribution in [3.63, 3.8) is 0 Å². The zero-order valence-corrected chi connectivity index (χ0v) is 18.5. The minimum atomic E-state index is -3.89. The number of hydrogen-bond donors (Lipinski definition) is 0. The molecule has 152 valence electrons. The first-order chi connectivity index (χ1) is 13.7. The van der Waals surface area contributed by atoms with E-state index in [1.165, 1.54) is 10.4 Å². The molecule has 0 unspecified atom stereocenters. The molecule has 0 saturated carbocycles. The third-order valence-corrected chi connectivity index (χ3v) is 7.19. The lowest BCUT2D eigenvalue weighted by molar-refractivity contribution is 0.415. The molecular formula is C23H24ClNO3S. The number of aryl methyl sites for hydroxylation is 2. The Morgan fingerprint density at radius 2 is 1.69 bits per heavy atom. The number of anilines is 1. The summed E-state index contributed by atoms with van der Waals surface area (Å²) in [6.45, 7) is 5.70. The summed E-state index contributed by atoms with van der Waals surface area (Å²) in [6, 6.07) is 19.3. The van der Waals surface area contributed by atoms with Gasteiger partial charge in [-0.3, -0.25) is 4.31 Å². The lowest BCUT2D eigenvalue weighted by Crippen LogP contribution is -2.33. The molecule has 6 heteroatoms. The van der Waals surface area contributed by atoms with Gasteiger partial charge in [-0.15, -0.1) is 0 Å². The quantitative estimate of drug-likeness (QED) is 0.488. The van der Waals surface area contributed by atoms with E-state index in [1.807, 2.05) is 45.0 Å². The average Bonchev–Trinajstić information content (AvgIpc) is 2.70. The molecule has 3 aromatic rings. The van der Waals surface area contributed by atoms with Crippen LogP contribution in [0.4, 0.5) is 5.69 Å². The van der Waals surface area contributed by atoms with E-state index in [9.17, 15) is 8.42 Å². The van der Waals surface area contributed by atoms with Crippen LogP contribution in [-0.2, 0) is 10.0 Å². The Morgan fingerprint density at radius 3 is 2.34 bits per heavy atom. The molecule has 0 spiro atoms. The molecule has 3 rings (SSSR count). The molecule has 3 aromatic carbocycles. The highest BCUT2D eigenvalue weighted by molar-refractivity contribution is 7.92. The van der Waals surface area contributed by atoms with Crippen molar-refractivity contribution in [1.82, 2.24) is 0 Å². The van der Waals surface area contributed by atoms with Crippen LogP contribution in [0.1, 0.15) is 29.7 Å². The van der Waals surface area contributed by atoms with Gasteiger partial charge in [0.15, 0.2) is 0 Å². The van der Waals surface area contributed by atoms with Crippen molar-refractivity contribution in [3.8, 4) is 5.75 Å². The molecule has 0 heterocycles. The highest BCUT2D eigenvalue weighted by Crippen LogP contribution is 2.36. The zero-order valence-electron chi connectivity index (χ0n) is 16.9. The van der Waals surface area contributed by atoms with Crippen LogP contribution in [0.5, 0.6) is 5.75 Å². The molecule has 0 N–H and O–H groups in total. The van der Waals surface area contributed by atoms with E-state index in [1.54, 1.807) is 43.5 Å². The second-order valence-electron chi connectivity index (χ2n) is 7.00. The smallest absolute Gasteiger partial charge is 0.264 e. The Morgan fingerprint density at radius 1 is 0.966 bits per heavy atom. The number of hydrogen-bond acceptors (Lipinski definition) is 3. The maximum Gasteiger partial charge on any atom is 0.264 e. The number of methoxy groups -OCH3 is 1. The number of rotatable bonds is 6. The molecule has 1 atom stereocenters. The standard InChI is InChI=1S/C23H24ClNO3S/c1-16-7-5-8-19(13-16)18(3)25(20-9-6-10-21(14-20)28-4)29(26,27)22-12-11-17(2)23(24)15-22/h5-15,18H,1-4H3/t18-/m0/s1. The molecule has 0 fully saturated rings. The van der Waals surface area contributed by atoms with Gasteiger partial charge in [-0.25, -0.2) is 8.42 Å². The van der Waals surface area contributed by atoms with Crippen molar-refractivity contribution in [3.05, 3.63) is 88.4 Å². The molecule has 0 aliphatic rings. The fraction of sp³-hybridized carbons (Fsp3) is 0.217. The van der Waals surface area contributed by atoms with Gasteiger partial charge in [0, 0.05) is 11.1 Å². The monoisotopic (exact) mass is 429 g/mol. The maximum atomic E-state index is 13.7. The Balaban J connectivity index is 2.19. The number of nitrogens with zero attached hydrogens (tertiary/aromatic N) is 1. The third kappa shape index (κ3) is 4.41. The molecular weight excluding hydrogens is 406 g/mol. The van der Waals surface area contributed by atoms with Gasteiger partial charge in [0.1, 0.15) is 5.75 Å². The normalized spacial score (nSPS) is 12.4. The van der Waals surface area contributed by atoms with Crippen LogP contribution in [0.2, 0.25) is 5.02 Å². The van der Waals surface area contributed by atoms with Crippen molar-refractivity contribution in [2.75, 3.05) is 11.4 Å². The molecule has 0 saturated heterocycles. The van der Waals surface area contributed by atoms with Crippen molar-refractivity contribution in [2.24, 2.45) is 0 Å². The lowest BCUT2D eigenvalue weighted by Gasteiger charge is -2.31. The summed E-state index contributed by atoms with van der Waals surface area (Å²) >= 11 is 6.23. The van der Waals surface area contributed by atoms with Gasteiger partial charge < -0.3 is 4.74 Å². The lowest BCUT2D eigenvalue weighted by atomic mass is 10.1. The summed E-state index contributed by atoms with van der Waals surface area (Å²) in [7, 11) is -2.33. The summed E-state index contributed by atoms with van der Waals surface area (Å²) in [4.78, 5) is 0.149. The third-order valence-electron chi connectivity index (χ3n) is 4.88. The van der Waals surface area contributed by atoms with Gasteiger partial charge in [-0.2, -0.15) is 0 Å². The van der Waals surface area contributed by atoms with E-state index in [-0.39, 0.29) is 4.90 Å². The Hall–Kier alpha value is -2.50. The van der Waals surface area contributed by atoms with Crippen molar-refractivity contribution in [2.45, 2.75) is 31.7 Å². The van der Waals surface area contributed by atoms with E-state index in [2.05, 4.69) is 0 Å². The first-order valence-electron chi connectivity index (χ1n) is 9.25. The van der Waals surface area contributed by atoms with E-state index in [4.69, 9.17) is 16.3 Å². The van der Waals surface area contributed by atoms with Crippen LogP contribution >= 0.6 is 11.6 Å². The van der Waals surface area contributed by atoms with Crippen molar-refractivity contribution in [1.29, 1.82) is 0 Å². The van der Waals surface area contributed by atoms with Crippen LogP contribution < -0.4 is 9.04 Å². The van der Waals surface area contributed by atoms with Gasteiger partial charge in [0.2, 0.25) is 0 Å². The summed E-state index contributed by atoms with van der Waals surface area (Å²) in [5.74, 6) is 0.584. The Labute approximate surface area is 177 Å². The van der Waals surface area contributed by atoms with E-state index in [0.29, 0.717) is 16.5 Å². The average molecular weight is 430 g/mol. The van der Waals surface area contributed by atoms with E-state index in [0.717, 1.165) is 16.7 Å². The molecule has 0 radical (unpaired) electrons. The van der Waals surface area contributed by atoms with Gasteiger partial charge in [0.25, 0.3) is 10.0 Å². The largest absolute Gasteiger partial charge is 0.497 e. The highest BCUT2D eigenvalue weighted by Gasteiger charge is 2.31. The minimum Gasteiger partial charge on any atom is -0.497 e. The van der Waals surface area contributed by atoms with Gasteiger partial charge >= 0.3 is 0 Å². The highest BCUT2D eigenvalue weighted by atomic mass is 35.5. The van der Waals surface area contributed by atoms with Gasteiger partial charge in [-0.1, -0.05) is 53.6 Å². The number of ether oxygens (including phenoxy) is 1. The Bertz CT molecular complexity index is 1130. The maximum absolute atomic E-state index is 13.7. The first kappa shape index (κ1) is 21.2. The van der Waals surface area contributed by atoms with E-state index >= 15 is 0 Å². The molecule has 29 heavy (non-hydrogen) atoms. The Kier molecular flexibility index (Phi) is 6.20. The van der Waals surface area contributed by atoms with Crippen LogP contribution in [-0.4, -0.2) is 15.5 Å². The van der Waals surface area contributed by atoms with Crippen molar-refractivity contribution >= 4 is 27.3 Å². The van der Waals surface area contributed by atoms with Gasteiger partial charge in [0.05, 0.1) is 23.7 Å². The molecule has 4 nitrogen and oxygen atoms in total. The van der Waals surface area contributed by atoms with Crippen LogP contribution in [0.3, 0.4) is 0 Å². The minimum absolute atomic E-state index is 0.149. The van der Waals surface area contributed by atoms with Crippen LogP contribution in [0, 0.1) is 13.8 Å². The topological polar surface area (TPSA) is 46.6 Å². The fourth-order valence-corrected chi connectivity index (χ4v) is 5.14. The predicted molar refractivity (Wildman–Crippen MR) is 118 cm³/mol. The summed E-state index contributed by atoms with van der Waals surface area (Å²) in [6.07, 6.45) is 0. The molecule has 0 aliphatic carbocycles. The molecule has 0 bridgehead atoms. The summed E-state index contributed by atoms with van der Waals surface area (Å²) < 4.78 is 34.2. The summed E-state index contributed by atoms with van der Waals surface area (Å²) in [5, 5.41) is 0.417. The molecule has 0 aromatic heterocycles. The first-order valence-corrected chi connectivity index (χ1v) is 11.1. The summed E-state index contributed by atoms with van der Waals surface area (Å²) in [5.41, 5.74) is 3.31. The number of halogens is 1. The fourth-order valence-electron chi connectivity index (χ4n) is 3.23. The van der Waals surface area contributed by atoms with E-state index < -0.39 is 16.1 Å². The second-order valence-corrected chi connectivity index (χ2v) is 9.23. The van der Waals surface area contributed by atoms with Crippen LogP contribution in [0.15, 0.2) is 71.6 Å². The zero-order chi connectivity index (χ0) is 21.2. The molecule has 0 aliphatic heterocycles. The number of benzene rings is 3. The SMILES string of the molecule is COc1cccc(N([C@@H](C)c2cccc(C)c2)S(=O)(=O)c2ccc(C)c(Cl)c2)c1. The van der Waals surface area contributed by atoms with Gasteiger partial charge in [-0.05, 0) is 56.2 Å². The number of sulfonamides is 1.